The molecule has 5 rings (SSSR count). The summed E-state index contributed by atoms with van der Waals surface area (Å²) in [4.78, 5) is 28.1. The lowest BCUT2D eigenvalue weighted by Crippen LogP contribution is -2.38. The lowest BCUT2D eigenvalue weighted by Gasteiger charge is -2.26. The maximum atomic E-state index is 12.8. The Morgan fingerprint density at radius 1 is 1.07 bits per heavy atom. The number of benzene rings is 1. The summed E-state index contributed by atoms with van der Waals surface area (Å²) >= 11 is 1.24. The van der Waals surface area contributed by atoms with Crippen molar-refractivity contribution in [3.05, 3.63) is 57.5 Å². The van der Waals surface area contributed by atoms with E-state index < -0.39 is 0 Å². The molecule has 0 atom stereocenters. The quantitative estimate of drug-likeness (QED) is 0.500. The number of thiophene rings is 1. The molecule has 0 amide bonds. The van der Waals surface area contributed by atoms with Crippen LogP contribution in [0.4, 0.5) is 0 Å². The second-order valence-corrected chi connectivity index (χ2v) is 7.80. The van der Waals surface area contributed by atoms with E-state index >= 15 is 0 Å². The van der Waals surface area contributed by atoms with Crippen LogP contribution >= 0.6 is 11.3 Å². The predicted octanol–water partition coefficient (Wildman–Crippen LogP) is 2.89. The summed E-state index contributed by atoms with van der Waals surface area (Å²) in [7, 11) is 0. The number of carbonyl (C=O) groups is 2. The minimum Gasteiger partial charge on any atom is -0.492 e. The molecule has 1 saturated heterocycles. The van der Waals surface area contributed by atoms with Crippen molar-refractivity contribution < 1.29 is 23.6 Å². The van der Waals surface area contributed by atoms with Crippen molar-refractivity contribution in [2.45, 2.75) is 0 Å². The van der Waals surface area contributed by atoms with E-state index in [1.54, 1.807) is 11.4 Å². The zero-order valence-corrected chi connectivity index (χ0v) is 16.4. The summed E-state index contributed by atoms with van der Waals surface area (Å²) < 4.78 is 16.4. The number of hydrogen-bond acceptors (Lipinski definition) is 8. The molecule has 0 radical (unpaired) electrons. The van der Waals surface area contributed by atoms with Crippen molar-refractivity contribution in [2.75, 3.05) is 39.5 Å². The Bertz CT molecular complexity index is 1060. The van der Waals surface area contributed by atoms with Crippen molar-refractivity contribution in [1.29, 1.82) is 0 Å². The Kier molecular flexibility index (Phi) is 4.75. The number of aromatic nitrogens is 1. The number of fused-ring (bicyclic) bond motifs is 2. The molecule has 148 valence electrons. The zero-order chi connectivity index (χ0) is 19.8. The van der Waals surface area contributed by atoms with Gasteiger partial charge in [0.1, 0.15) is 23.6 Å². The lowest BCUT2D eigenvalue weighted by atomic mass is 9.91. The monoisotopic (exact) mass is 410 g/mol. The van der Waals surface area contributed by atoms with Crippen molar-refractivity contribution in [3.8, 4) is 17.0 Å². The van der Waals surface area contributed by atoms with Gasteiger partial charge in [0, 0.05) is 30.8 Å². The van der Waals surface area contributed by atoms with Crippen LogP contribution in [0.1, 0.15) is 31.4 Å². The largest absolute Gasteiger partial charge is 0.492 e. The third-order valence-electron chi connectivity index (χ3n) is 5.15. The van der Waals surface area contributed by atoms with Crippen LogP contribution in [-0.4, -0.2) is 61.1 Å². The molecule has 29 heavy (non-hydrogen) atoms. The van der Waals surface area contributed by atoms with Crippen molar-refractivity contribution in [3.63, 3.8) is 0 Å². The first kappa shape index (κ1) is 18.2. The van der Waals surface area contributed by atoms with Gasteiger partial charge in [-0.05, 0) is 35.7 Å². The molecular weight excluding hydrogens is 392 g/mol. The van der Waals surface area contributed by atoms with E-state index in [1.165, 1.54) is 11.3 Å². The van der Waals surface area contributed by atoms with Gasteiger partial charge in [0.05, 0.1) is 18.1 Å². The van der Waals surface area contributed by atoms with E-state index in [0.717, 1.165) is 38.6 Å². The second-order valence-electron chi connectivity index (χ2n) is 6.88. The minimum absolute atomic E-state index is 0.0192. The van der Waals surface area contributed by atoms with Gasteiger partial charge in [-0.15, -0.1) is 11.3 Å². The number of hydrogen-bond donors (Lipinski definition) is 0. The molecule has 1 aromatic carbocycles. The molecule has 7 nitrogen and oxygen atoms in total. The molecular formula is C21H18N2O5S. The van der Waals surface area contributed by atoms with Crippen molar-refractivity contribution in [2.24, 2.45) is 0 Å². The number of ether oxygens (including phenoxy) is 2. The Balaban J connectivity index is 1.31. The van der Waals surface area contributed by atoms with Gasteiger partial charge in [-0.3, -0.25) is 14.5 Å². The summed E-state index contributed by atoms with van der Waals surface area (Å²) in [5, 5.41) is 5.75. The number of nitrogens with zero attached hydrogens (tertiary/aromatic N) is 2. The maximum Gasteiger partial charge on any atom is 0.242 e. The first-order valence-corrected chi connectivity index (χ1v) is 10.3. The van der Waals surface area contributed by atoms with Gasteiger partial charge in [0.15, 0.2) is 0 Å². The highest BCUT2D eigenvalue weighted by molar-refractivity contribution is 7.12. The van der Waals surface area contributed by atoms with E-state index in [4.69, 9.17) is 14.0 Å². The van der Waals surface area contributed by atoms with Gasteiger partial charge in [-0.25, -0.2) is 0 Å². The topological polar surface area (TPSA) is 81.9 Å². The van der Waals surface area contributed by atoms with E-state index in [1.807, 2.05) is 24.3 Å². The van der Waals surface area contributed by atoms with Crippen LogP contribution in [0.15, 0.2) is 40.2 Å². The highest BCUT2D eigenvalue weighted by Crippen LogP contribution is 2.36. The average Bonchev–Trinajstić information content (AvgIpc) is 3.42. The molecule has 1 fully saturated rings. The van der Waals surface area contributed by atoms with Crippen molar-refractivity contribution in [1.82, 2.24) is 10.1 Å². The zero-order valence-electron chi connectivity index (χ0n) is 15.6. The van der Waals surface area contributed by atoms with Crippen LogP contribution in [0.2, 0.25) is 0 Å². The summed E-state index contributed by atoms with van der Waals surface area (Å²) in [5.74, 6) is 0.247. The molecule has 1 aliphatic heterocycles. The van der Waals surface area contributed by atoms with Crippen LogP contribution in [-0.2, 0) is 4.74 Å². The van der Waals surface area contributed by atoms with E-state index in [9.17, 15) is 9.59 Å². The third kappa shape index (κ3) is 3.29. The maximum absolute atomic E-state index is 12.8. The Morgan fingerprint density at radius 2 is 1.86 bits per heavy atom. The summed E-state index contributed by atoms with van der Waals surface area (Å²) in [6.07, 6.45) is 0. The van der Waals surface area contributed by atoms with Crippen LogP contribution < -0.4 is 4.74 Å². The van der Waals surface area contributed by atoms with Gasteiger partial charge in [-0.2, -0.15) is 0 Å². The Labute approximate surface area is 170 Å². The first-order valence-electron chi connectivity index (χ1n) is 9.42. The van der Waals surface area contributed by atoms with E-state index in [2.05, 4.69) is 10.1 Å². The van der Waals surface area contributed by atoms with Gasteiger partial charge >= 0.3 is 0 Å². The summed E-state index contributed by atoms with van der Waals surface area (Å²) in [6.45, 7) is 4.83. The van der Waals surface area contributed by atoms with E-state index in [0.29, 0.717) is 28.3 Å². The number of morpholine rings is 1. The molecule has 0 N–H and O–H groups in total. The normalized spacial score (nSPS) is 16.6. The lowest BCUT2D eigenvalue weighted by molar-refractivity contribution is 0.0322. The van der Waals surface area contributed by atoms with Crippen LogP contribution in [0, 0.1) is 0 Å². The number of ketones is 2. The number of rotatable bonds is 5. The molecule has 1 aliphatic carbocycles. The fraction of sp³-hybridized carbons (Fsp3) is 0.286. The number of carbonyl (C=O) groups excluding carboxylic acids is 2. The summed E-state index contributed by atoms with van der Waals surface area (Å²) in [5.41, 5.74) is 1.74. The van der Waals surface area contributed by atoms with E-state index in [-0.39, 0.29) is 22.9 Å². The van der Waals surface area contributed by atoms with Gasteiger partial charge < -0.3 is 14.0 Å². The third-order valence-corrected chi connectivity index (χ3v) is 6.06. The predicted molar refractivity (Wildman–Crippen MR) is 106 cm³/mol. The Hall–Kier alpha value is -2.81. The van der Waals surface area contributed by atoms with Crippen molar-refractivity contribution >= 4 is 22.9 Å². The van der Waals surface area contributed by atoms with Gasteiger partial charge in [0.2, 0.25) is 17.3 Å². The molecule has 0 unspecified atom stereocenters. The molecule has 2 aromatic heterocycles. The fourth-order valence-electron chi connectivity index (χ4n) is 3.58. The highest BCUT2D eigenvalue weighted by atomic mass is 32.1. The standard InChI is InChI=1S/C21H18N2O5S/c24-18-15-5-12-29-21(15)19(25)20-16(18)17(22-28-20)13-1-3-14(4-2-13)27-11-8-23-6-9-26-10-7-23/h1-5,12H,6-11H2. The van der Waals surface area contributed by atoms with Crippen LogP contribution in [0.25, 0.3) is 11.3 Å². The molecule has 3 aromatic rings. The summed E-state index contributed by atoms with van der Waals surface area (Å²) in [6, 6.07) is 8.99. The molecule has 2 aliphatic rings. The molecule has 0 bridgehead atoms. The molecule has 8 heteroatoms. The minimum atomic E-state index is -0.286. The van der Waals surface area contributed by atoms with Crippen LogP contribution in [0.5, 0.6) is 5.75 Å². The smallest absolute Gasteiger partial charge is 0.242 e. The average molecular weight is 410 g/mol. The Morgan fingerprint density at radius 3 is 2.66 bits per heavy atom. The first-order chi connectivity index (χ1) is 14.2. The molecule has 0 spiro atoms. The van der Waals surface area contributed by atoms with Gasteiger partial charge in [-0.1, -0.05) is 5.16 Å². The second kappa shape index (κ2) is 7.55. The SMILES string of the molecule is O=C1c2onc(-c3ccc(OCCN4CCOCC4)cc3)c2C(=O)c2ccsc21. The highest BCUT2D eigenvalue weighted by Gasteiger charge is 2.37. The molecule has 0 saturated carbocycles. The molecule has 3 heterocycles. The van der Waals surface area contributed by atoms with Crippen LogP contribution in [0.3, 0.4) is 0 Å². The van der Waals surface area contributed by atoms with Gasteiger partial charge in [0.25, 0.3) is 0 Å². The fourth-order valence-corrected chi connectivity index (χ4v) is 4.41.